The Kier molecular flexibility index (Phi) is 4.52. The van der Waals surface area contributed by atoms with Gasteiger partial charge in [0.25, 0.3) is 0 Å². The van der Waals surface area contributed by atoms with E-state index in [1.165, 1.54) is 0 Å². The Morgan fingerprint density at radius 1 is 1.21 bits per heavy atom. The number of nitrogens with one attached hydrogen (secondary N) is 1. The lowest BCUT2D eigenvalue weighted by molar-refractivity contribution is -0.136. The highest BCUT2D eigenvalue weighted by Crippen LogP contribution is 2.18. The molecule has 0 atom stereocenters. The van der Waals surface area contributed by atoms with Gasteiger partial charge in [-0.3, -0.25) is 9.59 Å². The monoisotopic (exact) mass is 262 g/mol. The van der Waals surface area contributed by atoms with E-state index in [1.807, 2.05) is 18.2 Å². The van der Waals surface area contributed by atoms with Gasteiger partial charge in [0, 0.05) is 43.9 Å². The lowest BCUT2D eigenvalue weighted by Gasteiger charge is -2.29. The summed E-state index contributed by atoms with van der Waals surface area (Å²) >= 11 is 0. The first-order valence-corrected chi connectivity index (χ1v) is 6.47. The zero-order chi connectivity index (χ0) is 13.7. The van der Waals surface area contributed by atoms with Gasteiger partial charge >= 0.3 is 5.97 Å². The largest absolute Gasteiger partial charge is 0.481 e. The number of benzene rings is 1. The van der Waals surface area contributed by atoms with Crippen LogP contribution < -0.4 is 10.2 Å². The Hall–Kier alpha value is -1.88. The number of Topliss-reactive ketones (excluding diaryl/α,β-unsaturated/α-hetero) is 1. The fraction of sp³-hybridized carbons (Fsp3) is 0.429. The predicted molar refractivity (Wildman–Crippen MR) is 72.7 cm³/mol. The van der Waals surface area contributed by atoms with E-state index >= 15 is 0 Å². The minimum absolute atomic E-state index is 0.0559. The Labute approximate surface area is 112 Å². The minimum atomic E-state index is -0.938. The molecule has 1 aromatic rings. The van der Waals surface area contributed by atoms with E-state index in [4.69, 9.17) is 5.11 Å². The van der Waals surface area contributed by atoms with Crippen LogP contribution >= 0.6 is 0 Å². The van der Waals surface area contributed by atoms with Gasteiger partial charge in [0.2, 0.25) is 0 Å². The van der Waals surface area contributed by atoms with Gasteiger partial charge in [0.1, 0.15) is 0 Å². The highest BCUT2D eigenvalue weighted by Gasteiger charge is 2.13. The summed E-state index contributed by atoms with van der Waals surface area (Å²) in [6.07, 6.45) is -0.0585. The van der Waals surface area contributed by atoms with Crippen LogP contribution in [0.4, 0.5) is 5.69 Å². The van der Waals surface area contributed by atoms with Crippen LogP contribution in [0.15, 0.2) is 24.3 Å². The average molecular weight is 262 g/mol. The van der Waals surface area contributed by atoms with E-state index in [-0.39, 0.29) is 18.6 Å². The van der Waals surface area contributed by atoms with Crippen LogP contribution in [0, 0.1) is 0 Å². The maximum Gasteiger partial charge on any atom is 0.303 e. The summed E-state index contributed by atoms with van der Waals surface area (Å²) in [5, 5.41) is 11.9. The molecule has 0 saturated carbocycles. The molecule has 0 bridgehead atoms. The van der Waals surface area contributed by atoms with Crippen molar-refractivity contribution >= 4 is 17.4 Å². The Morgan fingerprint density at radius 2 is 1.95 bits per heavy atom. The molecule has 19 heavy (non-hydrogen) atoms. The van der Waals surface area contributed by atoms with E-state index in [1.54, 1.807) is 6.07 Å². The molecule has 1 aliphatic heterocycles. The van der Waals surface area contributed by atoms with Crippen LogP contribution in [0.3, 0.4) is 0 Å². The van der Waals surface area contributed by atoms with Crippen LogP contribution in [-0.2, 0) is 4.79 Å². The zero-order valence-corrected chi connectivity index (χ0v) is 10.8. The van der Waals surface area contributed by atoms with Gasteiger partial charge in [-0.15, -0.1) is 0 Å². The maximum atomic E-state index is 11.9. The number of ketones is 1. The third kappa shape index (κ3) is 3.79. The van der Waals surface area contributed by atoms with Crippen molar-refractivity contribution in [3.8, 4) is 0 Å². The highest BCUT2D eigenvalue weighted by molar-refractivity contribution is 5.98. The first kappa shape index (κ1) is 13.5. The van der Waals surface area contributed by atoms with E-state index in [9.17, 15) is 9.59 Å². The third-order valence-electron chi connectivity index (χ3n) is 3.22. The molecule has 0 aromatic heterocycles. The molecule has 102 valence electrons. The molecule has 1 aromatic carbocycles. The van der Waals surface area contributed by atoms with Gasteiger partial charge in [-0.1, -0.05) is 12.1 Å². The van der Waals surface area contributed by atoms with Crippen LogP contribution in [0.1, 0.15) is 23.2 Å². The number of aliphatic carboxylic acids is 1. The molecule has 2 rings (SSSR count). The van der Waals surface area contributed by atoms with Crippen LogP contribution in [0.5, 0.6) is 0 Å². The smallest absolute Gasteiger partial charge is 0.303 e. The topological polar surface area (TPSA) is 69.6 Å². The summed E-state index contributed by atoms with van der Waals surface area (Å²) in [5.41, 5.74) is 1.62. The molecule has 5 heteroatoms. The van der Waals surface area contributed by atoms with Crippen molar-refractivity contribution < 1.29 is 14.7 Å². The normalized spacial score (nSPS) is 15.3. The number of hydrogen-bond acceptors (Lipinski definition) is 4. The molecule has 0 spiro atoms. The van der Waals surface area contributed by atoms with Gasteiger partial charge in [-0.25, -0.2) is 0 Å². The Bertz CT molecular complexity index is 468. The zero-order valence-electron chi connectivity index (χ0n) is 10.8. The lowest BCUT2D eigenvalue weighted by atomic mass is 10.1. The molecule has 0 amide bonds. The summed E-state index contributed by atoms with van der Waals surface area (Å²) in [5.74, 6) is -1.05. The third-order valence-corrected chi connectivity index (χ3v) is 3.22. The Morgan fingerprint density at radius 3 is 2.63 bits per heavy atom. The molecule has 0 unspecified atom stereocenters. The molecular formula is C14H18N2O3. The summed E-state index contributed by atoms with van der Waals surface area (Å²) < 4.78 is 0. The number of hydrogen-bond donors (Lipinski definition) is 2. The molecule has 1 aliphatic rings. The molecule has 1 saturated heterocycles. The van der Waals surface area contributed by atoms with Gasteiger partial charge < -0.3 is 15.3 Å². The van der Waals surface area contributed by atoms with Gasteiger partial charge in [0.15, 0.2) is 5.78 Å². The van der Waals surface area contributed by atoms with E-state index in [0.717, 1.165) is 31.9 Å². The van der Waals surface area contributed by atoms with Gasteiger partial charge in [-0.05, 0) is 12.1 Å². The minimum Gasteiger partial charge on any atom is -0.481 e. The molecule has 0 radical (unpaired) electrons. The summed E-state index contributed by atoms with van der Waals surface area (Å²) in [4.78, 5) is 24.6. The summed E-state index contributed by atoms with van der Waals surface area (Å²) in [6.45, 7) is 3.73. The van der Waals surface area contributed by atoms with Crippen molar-refractivity contribution in [1.29, 1.82) is 0 Å². The predicted octanol–water partition coefficient (Wildman–Crippen LogP) is 1.14. The molecule has 1 heterocycles. The highest BCUT2D eigenvalue weighted by atomic mass is 16.4. The molecule has 2 N–H and O–H groups in total. The second-order valence-corrected chi connectivity index (χ2v) is 4.60. The number of carbonyl (C=O) groups is 2. The van der Waals surface area contributed by atoms with Crippen LogP contribution in [-0.4, -0.2) is 43.0 Å². The summed E-state index contributed by atoms with van der Waals surface area (Å²) in [7, 11) is 0. The number of piperazine rings is 1. The van der Waals surface area contributed by atoms with Crippen LogP contribution in [0.25, 0.3) is 0 Å². The average Bonchev–Trinajstić information content (AvgIpc) is 2.46. The fourth-order valence-electron chi connectivity index (χ4n) is 2.16. The summed E-state index contributed by atoms with van der Waals surface area (Å²) in [6, 6.07) is 7.44. The number of carboxylic acid groups (broad SMARTS) is 1. The fourth-order valence-corrected chi connectivity index (χ4v) is 2.16. The van der Waals surface area contributed by atoms with E-state index < -0.39 is 5.97 Å². The van der Waals surface area contributed by atoms with Crippen molar-refractivity contribution in [3.05, 3.63) is 29.8 Å². The first-order chi connectivity index (χ1) is 9.16. The SMILES string of the molecule is O=C(O)CCC(=O)c1cccc(N2CCNCC2)c1. The standard InChI is InChI=1S/C14H18N2O3/c17-13(4-5-14(18)19)11-2-1-3-12(10-11)16-8-6-15-7-9-16/h1-3,10,15H,4-9H2,(H,18,19). The Balaban J connectivity index is 2.05. The van der Waals surface area contributed by atoms with Crippen molar-refractivity contribution in [2.24, 2.45) is 0 Å². The molecule has 5 nitrogen and oxygen atoms in total. The van der Waals surface area contributed by atoms with Crippen molar-refractivity contribution in [2.45, 2.75) is 12.8 Å². The quantitative estimate of drug-likeness (QED) is 0.779. The van der Waals surface area contributed by atoms with Gasteiger partial charge in [-0.2, -0.15) is 0 Å². The second-order valence-electron chi connectivity index (χ2n) is 4.60. The maximum absolute atomic E-state index is 11.9. The van der Waals surface area contributed by atoms with Crippen molar-refractivity contribution in [2.75, 3.05) is 31.1 Å². The van der Waals surface area contributed by atoms with E-state index in [2.05, 4.69) is 10.2 Å². The van der Waals surface area contributed by atoms with Gasteiger partial charge in [0.05, 0.1) is 6.42 Å². The van der Waals surface area contributed by atoms with Crippen molar-refractivity contribution in [3.63, 3.8) is 0 Å². The number of nitrogens with zero attached hydrogens (tertiary/aromatic N) is 1. The number of anilines is 1. The molecule has 0 aliphatic carbocycles. The number of carbonyl (C=O) groups excluding carboxylic acids is 1. The number of rotatable bonds is 5. The second kappa shape index (κ2) is 6.33. The van der Waals surface area contributed by atoms with Crippen LogP contribution in [0.2, 0.25) is 0 Å². The van der Waals surface area contributed by atoms with Crippen molar-refractivity contribution in [1.82, 2.24) is 5.32 Å². The lowest BCUT2D eigenvalue weighted by Crippen LogP contribution is -2.43. The number of carboxylic acids is 1. The van der Waals surface area contributed by atoms with E-state index in [0.29, 0.717) is 5.56 Å². The molecule has 1 fully saturated rings. The molecular weight excluding hydrogens is 244 g/mol. The first-order valence-electron chi connectivity index (χ1n) is 6.47.